The Morgan fingerprint density at radius 2 is 1.91 bits per heavy atom. The van der Waals surface area contributed by atoms with Gasteiger partial charge in [-0.25, -0.2) is 5.10 Å². The maximum Gasteiger partial charge on any atom is 0.276 e. The van der Waals surface area contributed by atoms with Gasteiger partial charge in [0.1, 0.15) is 5.75 Å². The van der Waals surface area contributed by atoms with Gasteiger partial charge in [-0.2, -0.15) is 0 Å². The van der Waals surface area contributed by atoms with Crippen LogP contribution in [0, 0.1) is 0 Å². The van der Waals surface area contributed by atoms with E-state index in [0.717, 1.165) is 0 Å². The second-order valence-corrected chi connectivity index (χ2v) is 5.47. The van der Waals surface area contributed by atoms with Crippen molar-refractivity contribution >= 4 is 39.7 Å². The molecule has 0 fully saturated rings. The summed E-state index contributed by atoms with van der Waals surface area (Å²) in [5, 5.41) is 7.55. The van der Waals surface area contributed by atoms with Gasteiger partial charge in [-0.3, -0.25) is 4.79 Å². The van der Waals surface area contributed by atoms with Crippen LogP contribution in [0.5, 0.6) is 17.4 Å². The molecular weight excluding hydrogens is 341 g/mol. The number of fused-ring (bicyclic) bond motifs is 1. The van der Waals surface area contributed by atoms with Gasteiger partial charge >= 0.3 is 0 Å². The van der Waals surface area contributed by atoms with Crippen LogP contribution in [0.15, 0.2) is 35.1 Å². The Morgan fingerprint density at radius 3 is 2.57 bits per heavy atom. The molecule has 0 aliphatic heterocycles. The van der Waals surface area contributed by atoms with E-state index in [0.29, 0.717) is 22.2 Å². The number of H-pyrrole nitrogens is 1. The zero-order chi connectivity index (χ0) is 16.6. The molecule has 118 valence electrons. The SMILES string of the molecule is COc1cccc2c(Oc3c(Cl)cc(N)cc3Cl)n[nH]c(=O)c12. The van der Waals surface area contributed by atoms with Gasteiger partial charge in [-0.15, -0.1) is 5.10 Å². The van der Waals surface area contributed by atoms with E-state index >= 15 is 0 Å². The number of nitrogens with zero attached hydrogens (tertiary/aromatic N) is 1. The van der Waals surface area contributed by atoms with Crippen LogP contribution in [0.25, 0.3) is 10.8 Å². The molecule has 0 atom stereocenters. The molecule has 2 aromatic carbocycles. The van der Waals surface area contributed by atoms with E-state index in [1.807, 2.05) is 0 Å². The van der Waals surface area contributed by atoms with Gasteiger partial charge in [0.25, 0.3) is 5.56 Å². The van der Waals surface area contributed by atoms with Crippen molar-refractivity contribution in [3.8, 4) is 17.4 Å². The van der Waals surface area contributed by atoms with E-state index in [9.17, 15) is 4.79 Å². The highest BCUT2D eigenvalue weighted by Gasteiger charge is 2.16. The number of aromatic amines is 1. The summed E-state index contributed by atoms with van der Waals surface area (Å²) in [4.78, 5) is 12.0. The van der Waals surface area contributed by atoms with Crippen LogP contribution >= 0.6 is 23.2 Å². The fourth-order valence-electron chi connectivity index (χ4n) is 2.18. The highest BCUT2D eigenvalue weighted by Crippen LogP contribution is 2.39. The maximum absolute atomic E-state index is 12.0. The molecule has 0 saturated carbocycles. The molecule has 8 heteroatoms. The van der Waals surface area contributed by atoms with Crippen molar-refractivity contribution in [1.29, 1.82) is 0 Å². The summed E-state index contributed by atoms with van der Waals surface area (Å²) in [6.45, 7) is 0. The molecule has 6 nitrogen and oxygen atoms in total. The summed E-state index contributed by atoms with van der Waals surface area (Å²) in [5.74, 6) is 0.753. The number of hydrogen-bond donors (Lipinski definition) is 2. The van der Waals surface area contributed by atoms with E-state index in [-0.39, 0.29) is 27.2 Å². The molecule has 3 aromatic rings. The van der Waals surface area contributed by atoms with Crippen LogP contribution in [0.4, 0.5) is 5.69 Å². The molecule has 0 unspecified atom stereocenters. The number of aromatic nitrogens is 2. The van der Waals surface area contributed by atoms with Crippen molar-refractivity contribution in [2.45, 2.75) is 0 Å². The Labute approximate surface area is 140 Å². The van der Waals surface area contributed by atoms with E-state index in [1.165, 1.54) is 19.2 Å². The van der Waals surface area contributed by atoms with Gasteiger partial charge < -0.3 is 15.2 Å². The number of nitrogens with two attached hydrogens (primary N) is 1. The topological polar surface area (TPSA) is 90.2 Å². The number of hydrogen-bond acceptors (Lipinski definition) is 5. The van der Waals surface area contributed by atoms with Gasteiger partial charge in [0.2, 0.25) is 5.88 Å². The van der Waals surface area contributed by atoms with Crippen molar-refractivity contribution in [3.05, 3.63) is 50.7 Å². The van der Waals surface area contributed by atoms with Crippen LogP contribution in [0.1, 0.15) is 0 Å². The third-order valence-electron chi connectivity index (χ3n) is 3.18. The molecule has 0 saturated heterocycles. The number of ether oxygens (including phenoxy) is 2. The fraction of sp³-hybridized carbons (Fsp3) is 0.0667. The first-order chi connectivity index (χ1) is 11.0. The van der Waals surface area contributed by atoms with Crippen molar-refractivity contribution in [3.63, 3.8) is 0 Å². The van der Waals surface area contributed by atoms with Crippen LogP contribution in [0.2, 0.25) is 10.0 Å². The normalized spacial score (nSPS) is 10.7. The lowest BCUT2D eigenvalue weighted by Crippen LogP contribution is -2.10. The molecule has 3 N–H and O–H groups in total. The van der Waals surface area contributed by atoms with E-state index in [4.69, 9.17) is 38.4 Å². The number of anilines is 1. The summed E-state index contributed by atoms with van der Waals surface area (Å²) >= 11 is 12.2. The predicted molar refractivity (Wildman–Crippen MR) is 89.9 cm³/mol. The first kappa shape index (κ1) is 15.5. The summed E-state index contributed by atoms with van der Waals surface area (Å²) in [6, 6.07) is 8.11. The predicted octanol–water partition coefficient (Wildman–Crippen LogP) is 3.61. The Morgan fingerprint density at radius 1 is 1.22 bits per heavy atom. The molecule has 0 amide bonds. The lowest BCUT2D eigenvalue weighted by Gasteiger charge is -2.12. The smallest absolute Gasteiger partial charge is 0.276 e. The molecule has 0 spiro atoms. The largest absolute Gasteiger partial charge is 0.496 e. The van der Waals surface area contributed by atoms with Gasteiger partial charge in [0.05, 0.1) is 27.9 Å². The Balaban J connectivity index is 2.19. The average molecular weight is 352 g/mol. The minimum atomic E-state index is -0.390. The number of nitrogen functional groups attached to an aromatic ring is 1. The molecular formula is C15H11Cl2N3O3. The minimum absolute atomic E-state index is 0.145. The van der Waals surface area contributed by atoms with E-state index in [2.05, 4.69) is 10.2 Å². The molecule has 0 radical (unpaired) electrons. The number of nitrogens with one attached hydrogen (secondary N) is 1. The first-order valence-electron chi connectivity index (χ1n) is 6.49. The van der Waals surface area contributed by atoms with Gasteiger partial charge in [-0.05, 0) is 24.3 Å². The van der Waals surface area contributed by atoms with Crippen LogP contribution in [0.3, 0.4) is 0 Å². The zero-order valence-electron chi connectivity index (χ0n) is 11.9. The highest BCUT2D eigenvalue weighted by molar-refractivity contribution is 6.37. The second-order valence-electron chi connectivity index (χ2n) is 4.66. The van der Waals surface area contributed by atoms with Crippen LogP contribution in [-0.2, 0) is 0 Å². The molecule has 1 aromatic heterocycles. The molecule has 23 heavy (non-hydrogen) atoms. The zero-order valence-corrected chi connectivity index (χ0v) is 13.4. The molecule has 3 rings (SSSR count). The summed E-state index contributed by atoms with van der Waals surface area (Å²) in [7, 11) is 1.48. The van der Waals surface area contributed by atoms with Crippen molar-refractivity contribution in [1.82, 2.24) is 10.2 Å². The highest BCUT2D eigenvalue weighted by atomic mass is 35.5. The molecule has 0 bridgehead atoms. The average Bonchev–Trinajstić information content (AvgIpc) is 2.52. The second kappa shape index (κ2) is 5.98. The Bertz CT molecular complexity index is 933. The van der Waals surface area contributed by atoms with Crippen molar-refractivity contribution in [2.75, 3.05) is 12.8 Å². The monoisotopic (exact) mass is 351 g/mol. The third kappa shape index (κ3) is 2.78. The number of halogens is 2. The lowest BCUT2D eigenvalue weighted by molar-refractivity contribution is 0.418. The fourth-order valence-corrected chi connectivity index (χ4v) is 2.76. The van der Waals surface area contributed by atoms with Gasteiger partial charge in [0, 0.05) is 5.69 Å². The molecule has 0 aliphatic carbocycles. The molecule has 1 heterocycles. The van der Waals surface area contributed by atoms with E-state index < -0.39 is 0 Å². The summed E-state index contributed by atoms with van der Waals surface area (Å²) in [6.07, 6.45) is 0. The van der Waals surface area contributed by atoms with E-state index in [1.54, 1.807) is 18.2 Å². The first-order valence-corrected chi connectivity index (χ1v) is 7.24. The van der Waals surface area contributed by atoms with Crippen molar-refractivity contribution in [2.24, 2.45) is 0 Å². The number of benzene rings is 2. The molecule has 0 aliphatic rings. The number of rotatable bonds is 3. The van der Waals surface area contributed by atoms with Crippen LogP contribution in [-0.4, -0.2) is 17.3 Å². The standard InChI is InChI=1S/C15H11Cl2N3O3/c1-22-11-4-2-3-8-12(11)14(21)19-20-15(8)23-13-9(16)5-7(18)6-10(13)17/h2-6H,18H2,1H3,(H,19,21). The summed E-state index contributed by atoms with van der Waals surface area (Å²) < 4.78 is 10.9. The van der Waals surface area contributed by atoms with Crippen molar-refractivity contribution < 1.29 is 9.47 Å². The Kier molecular flexibility index (Phi) is 4.02. The van der Waals surface area contributed by atoms with Gasteiger partial charge in [-0.1, -0.05) is 29.3 Å². The quantitative estimate of drug-likeness (QED) is 0.703. The Hall–Kier alpha value is -2.44. The summed E-state index contributed by atoms with van der Waals surface area (Å²) in [5.41, 5.74) is 5.69. The minimum Gasteiger partial charge on any atom is -0.496 e. The van der Waals surface area contributed by atoms with Crippen LogP contribution < -0.4 is 20.8 Å². The third-order valence-corrected chi connectivity index (χ3v) is 3.74. The van der Waals surface area contributed by atoms with Gasteiger partial charge in [0.15, 0.2) is 5.75 Å². The lowest BCUT2D eigenvalue weighted by atomic mass is 10.2. The maximum atomic E-state index is 12.0. The number of methoxy groups -OCH3 is 1.